The molecule has 25 heavy (non-hydrogen) atoms. The summed E-state index contributed by atoms with van der Waals surface area (Å²) in [6.07, 6.45) is 8.39. The molecular weight excluding hydrogens is 312 g/mol. The van der Waals surface area contributed by atoms with Crippen molar-refractivity contribution < 1.29 is 0 Å². The van der Waals surface area contributed by atoms with E-state index >= 15 is 0 Å². The van der Waals surface area contributed by atoms with Crippen molar-refractivity contribution in [2.24, 2.45) is 0 Å². The number of aromatic amines is 1. The van der Waals surface area contributed by atoms with Gasteiger partial charge in [0.2, 0.25) is 0 Å². The first-order valence-electron chi connectivity index (χ1n) is 8.46. The standard InChI is InChI=1S/C19H20N6/c1-2-16(11-21-15-6-4-3-5-7-15)25-12-14(10-24-25)18-17-8-9-20-19(17)23-13-22-18/h3-10,12-13,16,21H,2,11H2,1H3,(H,20,22,23). The van der Waals surface area contributed by atoms with E-state index in [4.69, 9.17) is 0 Å². The Bertz CT molecular complexity index is 956. The third-order valence-corrected chi connectivity index (χ3v) is 4.39. The van der Waals surface area contributed by atoms with Gasteiger partial charge in [0.1, 0.15) is 12.0 Å². The molecule has 0 bridgehead atoms. The Labute approximate surface area is 145 Å². The quantitative estimate of drug-likeness (QED) is 0.562. The molecule has 0 aliphatic carbocycles. The number of benzene rings is 1. The first kappa shape index (κ1) is 15.4. The average molecular weight is 332 g/mol. The number of nitrogens with zero attached hydrogens (tertiary/aromatic N) is 4. The fourth-order valence-electron chi connectivity index (χ4n) is 2.98. The molecule has 1 aromatic carbocycles. The molecule has 3 aromatic heterocycles. The van der Waals surface area contributed by atoms with Gasteiger partial charge in [-0.05, 0) is 24.6 Å². The highest BCUT2D eigenvalue weighted by molar-refractivity contribution is 5.89. The maximum Gasteiger partial charge on any atom is 0.141 e. The summed E-state index contributed by atoms with van der Waals surface area (Å²) in [4.78, 5) is 11.8. The van der Waals surface area contributed by atoms with Gasteiger partial charge in [-0.15, -0.1) is 0 Å². The van der Waals surface area contributed by atoms with E-state index in [0.717, 1.165) is 40.9 Å². The molecule has 0 radical (unpaired) electrons. The predicted octanol–water partition coefficient (Wildman–Crippen LogP) is 3.88. The van der Waals surface area contributed by atoms with Crippen molar-refractivity contribution in [3.05, 3.63) is 61.3 Å². The lowest BCUT2D eigenvalue weighted by Crippen LogP contribution is -2.18. The average Bonchev–Trinajstić information content (AvgIpc) is 3.32. The zero-order chi connectivity index (χ0) is 17.1. The SMILES string of the molecule is CCC(CNc1ccccc1)n1cc(-c2ncnc3[nH]ccc23)cn1. The third kappa shape index (κ3) is 3.10. The number of anilines is 1. The van der Waals surface area contributed by atoms with Gasteiger partial charge < -0.3 is 10.3 Å². The second-order valence-corrected chi connectivity index (χ2v) is 5.98. The van der Waals surface area contributed by atoms with Crippen LogP contribution in [0.15, 0.2) is 61.3 Å². The van der Waals surface area contributed by atoms with Gasteiger partial charge in [-0.2, -0.15) is 5.10 Å². The predicted molar refractivity (Wildman–Crippen MR) is 99.4 cm³/mol. The number of hydrogen-bond donors (Lipinski definition) is 2. The Hall–Kier alpha value is -3.15. The fraction of sp³-hybridized carbons (Fsp3) is 0.211. The maximum atomic E-state index is 4.57. The van der Waals surface area contributed by atoms with E-state index in [1.54, 1.807) is 6.33 Å². The van der Waals surface area contributed by atoms with E-state index < -0.39 is 0 Å². The summed E-state index contributed by atoms with van der Waals surface area (Å²) in [7, 11) is 0. The summed E-state index contributed by atoms with van der Waals surface area (Å²) in [6.45, 7) is 3.00. The molecule has 0 aliphatic heterocycles. The van der Waals surface area contributed by atoms with Gasteiger partial charge in [0.05, 0.1) is 17.9 Å². The second-order valence-electron chi connectivity index (χ2n) is 5.98. The van der Waals surface area contributed by atoms with Gasteiger partial charge in [-0.25, -0.2) is 9.97 Å². The lowest BCUT2D eigenvalue weighted by Gasteiger charge is -2.17. The minimum absolute atomic E-state index is 0.275. The van der Waals surface area contributed by atoms with Crippen LogP contribution >= 0.6 is 0 Å². The molecule has 4 aromatic rings. The van der Waals surface area contributed by atoms with Crippen molar-refractivity contribution in [2.45, 2.75) is 19.4 Å². The van der Waals surface area contributed by atoms with Gasteiger partial charge in [0.25, 0.3) is 0 Å². The lowest BCUT2D eigenvalue weighted by atomic mass is 10.2. The zero-order valence-electron chi connectivity index (χ0n) is 14.1. The minimum atomic E-state index is 0.275. The molecule has 4 rings (SSSR count). The van der Waals surface area contributed by atoms with Crippen LogP contribution in [-0.4, -0.2) is 31.3 Å². The molecule has 126 valence electrons. The molecule has 1 unspecified atom stereocenters. The molecule has 0 fully saturated rings. The highest BCUT2D eigenvalue weighted by atomic mass is 15.3. The molecule has 3 heterocycles. The van der Waals surface area contributed by atoms with Crippen LogP contribution in [0.25, 0.3) is 22.3 Å². The van der Waals surface area contributed by atoms with Crippen molar-refractivity contribution in [1.29, 1.82) is 0 Å². The summed E-state index contributed by atoms with van der Waals surface area (Å²) in [5.41, 5.74) is 3.88. The van der Waals surface area contributed by atoms with Crippen LogP contribution in [0.5, 0.6) is 0 Å². The van der Waals surface area contributed by atoms with E-state index in [-0.39, 0.29) is 6.04 Å². The first-order valence-corrected chi connectivity index (χ1v) is 8.46. The van der Waals surface area contributed by atoms with Gasteiger partial charge in [0.15, 0.2) is 0 Å². The number of H-pyrrole nitrogens is 1. The maximum absolute atomic E-state index is 4.57. The lowest BCUT2D eigenvalue weighted by molar-refractivity contribution is 0.460. The van der Waals surface area contributed by atoms with Crippen LogP contribution in [-0.2, 0) is 0 Å². The van der Waals surface area contributed by atoms with Gasteiger partial charge in [-0.1, -0.05) is 25.1 Å². The number of fused-ring (bicyclic) bond motifs is 1. The van der Waals surface area contributed by atoms with E-state index in [2.05, 4.69) is 50.6 Å². The molecule has 6 nitrogen and oxygen atoms in total. The molecule has 0 spiro atoms. The van der Waals surface area contributed by atoms with E-state index in [9.17, 15) is 0 Å². The minimum Gasteiger partial charge on any atom is -0.383 e. The first-order chi connectivity index (χ1) is 12.3. The molecule has 0 amide bonds. The summed E-state index contributed by atoms with van der Waals surface area (Å²) in [5, 5.41) is 9.06. The monoisotopic (exact) mass is 332 g/mol. The Balaban J connectivity index is 1.56. The summed E-state index contributed by atoms with van der Waals surface area (Å²) in [5.74, 6) is 0. The van der Waals surface area contributed by atoms with Gasteiger partial charge in [0, 0.05) is 35.6 Å². The van der Waals surface area contributed by atoms with Crippen LogP contribution in [0.1, 0.15) is 19.4 Å². The highest BCUT2D eigenvalue weighted by Crippen LogP contribution is 2.25. The van der Waals surface area contributed by atoms with Crippen LogP contribution < -0.4 is 5.32 Å². The molecule has 2 N–H and O–H groups in total. The number of hydrogen-bond acceptors (Lipinski definition) is 4. The summed E-state index contributed by atoms with van der Waals surface area (Å²) in [6, 6.07) is 12.5. The Morgan fingerprint density at radius 3 is 2.88 bits per heavy atom. The third-order valence-electron chi connectivity index (χ3n) is 4.39. The van der Waals surface area contributed by atoms with Crippen molar-refractivity contribution >= 4 is 16.7 Å². The van der Waals surface area contributed by atoms with E-state index in [0.29, 0.717) is 0 Å². The number of para-hydroxylation sites is 1. The van der Waals surface area contributed by atoms with Crippen molar-refractivity contribution in [1.82, 2.24) is 24.7 Å². The summed E-state index contributed by atoms with van der Waals surface area (Å²) < 4.78 is 2.02. The smallest absolute Gasteiger partial charge is 0.141 e. The number of nitrogens with one attached hydrogen (secondary N) is 2. The van der Waals surface area contributed by atoms with Crippen LogP contribution in [0, 0.1) is 0 Å². The van der Waals surface area contributed by atoms with Crippen molar-refractivity contribution in [2.75, 3.05) is 11.9 Å². The summed E-state index contributed by atoms with van der Waals surface area (Å²) >= 11 is 0. The molecule has 0 saturated carbocycles. The normalized spacial score (nSPS) is 12.4. The van der Waals surface area contributed by atoms with E-state index in [1.165, 1.54) is 0 Å². The molecule has 0 saturated heterocycles. The van der Waals surface area contributed by atoms with Gasteiger partial charge in [-0.3, -0.25) is 4.68 Å². The zero-order valence-corrected chi connectivity index (χ0v) is 14.1. The van der Waals surface area contributed by atoms with Crippen LogP contribution in [0.4, 0.5) is 5.69 Å². The Kier molecular flexibility index (Phi) is 4.16. The topological polar surface area (TPSA) is 71.4 Å². The second kappa shape index (κ2) is 6.76. The number of rotatable bonds is 6. The van der Waals surface area contributed by atoms with E-state index in [1.807, 2.05) is 41.3 Å². The largest absolute Gasteiger partial charge is 0.383 e. The Morgan fingerprint density at radius 1 is 1.16 bits per heavy atom. The number of aromatic nitrogens is 5. The molecule has 1 atom stereocenters. The van der Waals surface area contributed by atoms with Crippen LogP contribution in [0.2, 0.25) is 0 Å². The molecule has 0 aliphatic rings. The Morgan fingerprint density at radius 2 is 2.04 bits per heavy atom. The van der Waals surface area contributed by atoms with Crippen molar-refractivity contribution in [3.8, 4) is 11.3 Å². The van der Waals surface area contributed by atoms with Gasteiger partial charge >= 0.3 is 0 Å². The molecule has 6 heteroatoms. The molecular formula is C19H20N6. The fourth-order valence-corrected chi connectivity index (χ4v) is 2.98. The highest BCUT2D eigenvalue weighted by Gasteiger charge is 2.13. The van der Waals surface area contributed by atoms with Crippen LogP contribution in [0.3, 0.4) is 0 Å². The van der Waals surface area contributed by atoms with Crippen molar-refractivity contribution in [3.63, 3.8) is 0 Å².